The van der Waals surface area contributed by atoms with E-state index in [1.807, 2.05) is 44.2 Å². The molecule has 0 aliphatic rings. The fraction of sp³-hybridized carbons (Fsp3) is 0.182. The van der Waals surface area contributed by atoms with Crippen LogP contribution in [0, 0.1) is 19.7 Å². The number of aromatic nitrogens is 4. The normalized spacial score (nSPS) is 10.9. The first-order valence-electron chi connectivity index (χ1n) is 9.50. The quantitative estimate of drug-likeness (QED) is 0.518. The lowest BCUT2D eigenvalue weighted by molar-refractivity contribution is -0.116. The van der Waals surface area contributed by atoms with Gasteiger partial charge in [0, 0.05) is 24.5 Å². The summed E-state index contributed by atoms with van der Waals surface area (Å²) in [6.07, 6.45) is 0.459. The summed E-state index contributed by atoms with van der Waals surface area (Å²) in [5, 5.41) is 11.2. The number of amides is 1. The van der Waals surface area contributed by atoms with E-state index >= 15 is 0 Å². The third-order valence-electron chi connectivity index (χ3n) is 4.51. The molecular weight excluding hydrogens is 385 g/mol. The van der Waals surface area contributed by atoms with Crippen LogP contribution in [0.4, 0.5) is 10.2 Å². The Bertz CT molecular complexity index is 1160. The largest absolute Gasteiger partial charge is 0.339 e. The first-order valence-corrected chi connectivity index (χ1v) is 9.50. The van der Waals surface area contributed by atoms with Crippen molar-refractivity contribution in [3.05, 3.63) is 77.6 Å². The summed E-state index contributed by atoms with van der Waals surface area (Å²) in [6, 6.07) is 15.5. The topological polar surface area (TPSA) is 85.8 Å². The Labute approximate surface area is 172 Å². The summed E-state index contributed by atoms with van der Waals surface area (Å²) >= 11 is 0. The fourth-order valence-electron chi connectivity index (χ4n) is 2.97. The summed E-state index contributed by atoms with van der Waals surface area (Å²) in [6.45, 7) is 3.88. The molecule has 2 aromatic carbocycles. The molecule has 152 valence electrons. The second kappa shape index (κ2) is 8.28. The highest BCUT2D eigenvalue weighted by Crippen LogP contribution is 2.19. The standard InChI is InChI=1S/C22H20FN5O2/c1-14-3-9-18(10-4-14)28-19(13-15(2)26-28)24-20(29)11-12-21-25-22(27-30-21)16-5-7-17(23)8-6-16/h3-10,13H,11-12H2,1-2H3,(H,24,29). The van der Waals surface area contributed by atoms with Gasteiger partial charge in [-0.1, -0.05) is 22.9 Å². The van der Waals surface area contributed by atoms with Crippen LogP contribution in [0.15, 0.2) is 59.1 Å². The Kier molecular flexibility index (Phi) is 5.38. The smallest absolute Gasteiger partial charge is 0.227 e. The van der Waals surface area contributed by atoms with Crippen molar-refractivity contribution in [3.63, 3.8) is 0 Å². The second-order valence-electron chi connectivity index (χ2n) is 6.99. The van der Waals surface area contributed by atoms with Gasteiger partial charge in [-0.3, -0.25) is 4.79 Å². The Morgan fingerprint density at radius 2 is 1.83 bits per heavy atom. The van der Waals surface area contributed by atoms with Crippen molar-refractivity contribution in [1.82, 2.24) is 19.9 Å². The second-order valence-corrected chi connectivity index (χ2v) is 6.99. The predicted molar refractivity (Wildman–Crippen MR) is 110 cm³/mol. The maximum Gasteiger partial charge on any atom is 0.227 e. The van der Waals surface area contributed by atoms with Gasteiger partial charge in [0.15, 0.2) is 0 Å². The molecule has 7 nitrogen and oxygen atoms in total. The van der Waals surface area contributed by atoms with Crippen LogP contribution in [0.1, 0.15) is 23.6 Å². The van der Waals surface area contributed by atoms with E-state index in [9.17, 15) is 9.18 Å². The van der Waals surface area contributed by atoms with Gasteiger partial charge in [-0.25, -0.2) is 9.07 Å². The summed E-state index contributed by atoms with van der Waals surface area (Å²) in [5.41, 5.74) is 3.46. The molecule has 2 aromatic heterocycles. The number of hydrogen-bond donors (Lipinski definition) is 1. The van der Waals surface area contributed by atoms with Crippen LogP contribution < -0.4 is 5.32 Å². The van der Waals surface area contributed by atoms with E-state index in [0.717, 1.165) is 16.9 Å². The average molecular weight is 405 g/mol. The molecule has 0 bridgehead atoms. The zero-order valence-electron chi connectivity index (χ0n) is 16.6. The van der Waals surface area contributed by atoms with Crippen molar-refractivity contribution in [2.24, 2.45) is 0 Å². The first kappa shape index (κ1) is 19.5. The molecule has 8 heteroatoms. The molecule has 0 aliphatic heterocycles. The van der Waals surface area contributed by atoms with Crippen LogP contribution in [-0.4, -0.2) is 25.8 Å². The van der Waals surface area contributed by atoms with Crippen molar-refractivity contribution in [1.29, 1.82) is 0 Å². The molecule has 0 fully saturated rings. The van der Waals surface area contributed by atoms with E-state index in [1.165, 1.54) is 12.1 Å². The SMILES string of the molecule is Cc1ccc(-n2nc(C)cc2NC(=O)CCc2nc(-c3ccc(F)cc3)no2)cc1. The van der Waals surface area contributed by atoms with E-state index in [0.29, 0.717) is 23.1 Å². The summed E-state index contributed by atoms with van der Waals surface area (Å²) in [7, 11) is 0. The Morgan fingerprint density at radius 1 is 1.10 bits per heavy atom. The molecule has 2 heterocycles. The van der Waals surface area contributed by atoms with Crippen molar-refractivity contribution < 1.29 is 13.7 Å². The molecular formula is C22H20FN5O2. The van der Waals surface area contributed by atoms with Gasteiger partial charge in [0.25, 0.3) is 0 Å². The lowest BCUT2D eigenvalue weighted by Gasteiger charge is -2.09. The number of carbonyl (C=O) groups excluding carboxylic acids is 1. The Hall–Kier alpha value is -3.81. The number of hydrogen-bond acceptors (Lipinski definition) is 5. The Morgan fingerprint density at radius 3 is 2.57 bits per heavy atom. The molecule has 0 atom stereocenters. The third kappa shape index (κ3) is 4.43. The third-order valence-corrected chi connectivity index (χ3v) is 4.51. The molecule has 30 heavy (non-hydrogen) atoms. The molecule has 0 aliphatic carbocycles. The molecule has 0 spiro atoms. The summed E-state index contributed by atoms with van der Waals surface area (Å²) in [5.74, 6) is 0.772. The number of carbonyl (C=O) groups is 1. The minimum absolute atomic E-state index is 0.170. The maximum atomic E-state index is 13.0. The van der Waals surface area contributed by atoms with Gasteiger partial charge >= 0.3 is 0 Å². The minimum atomic E-state index is -0.334. The van der Waals surface area contributed by atoms with Crippen LogP contribution in [0.2, 0.25) is 0 Å². The number of nitrogens with zero attached hydrogens (tertiary/aromatic N) is 4. The molecule has 0 radical (unpaired) electrons. The van der Waals surface area contributed by atoms with Crippen LogP contribution in [-0.2, 0) is 11.2 Å². The van der Waals surface area contributed by atoms with E-state index in [-0.39, 0.29) is 24.6 Å². The highest BCUT2D eigenvalue weighted by Gasteiger charge is 2.14. The van der Waals surface area contributed by atoms with Crippen LogP contribution in [0.25, 0.3) is 17.1 Å². The van der Waals surface area contributed by atoms with Gasteiger partial charge in [-0.15, -0.1) is 0 Å². The lowest BCUT2D eigenvalue weighted by atomic mass is 10.2. The monoisotopic (exact) mass is 405 g/mol. The van der Waals surface area contributed by atoms with Gasteiger partial charge in [0.2, 0.25) is 17.6 Å². The van der Waals surface area contributed by atoms with Crippen LogP contribution in [0.3, 0.4) is 0 Å². The Balaban J connectivity index is 1.40. The molecule has 0 unspecified atom stereocenters. The molecule has 1 amide bonds. The average Bonchev–Trinajstić information content (AvgIpc) is 3.34. The van der Waals surface area contributed by atoms with Gasteiger partial charge in [0.1, 0.15) is 11.6 Å². The highest BCUT2D eigenvalue weighted by atomic mass is 19.1. The van der Waals surface area contributed by atoms with Gasteiger partial charge < -0.3 is 9.84 Å². The maximum absolute atomic E-state index is 13.0. The first-order chi connectivity index (χ1) is 14.5. The highest BCUT2D eigenvalue weighted by molar-refractivity contribution is 5.90. The van der Waals surface area contributed by atoms with Crippen molar-refractivity contribution in [2.75, 3.05) is 5.32 Å². The minimum Gasteiger partial charge on any atom is -0.339 e. The number of halogens is 1. The molecule has 0 saturated carbocycles. The fourth-order valence-corrected chi connectivity index (χ4v) is 2.97. The zero-order valence-corrected chi connectivity index (χ0v) is 16.6. The predicted octanol–water partition coefficient (Wildman–Crippen LogP) is 4.25. The summed E-state index contributed by atoms with van der Waals surface area (Å²) < 4.78 is 19.9. The number of aryl methyl sites for hydroxylation is 3. The molecule has 4 aromatic rings. The van der Waals surface area contributed by atoms with E-state index < -0.39 is 0 Å². The van der Waals surface area contributed by atoms with Gasteiger partial charge in [0.05, 0.1) is 11.4 Å². The van der Waals surface area contributed by atoms with E-state index in [2.05, 4.69) is 20.6 Å². The van der Waals surface area contributed by atoms with Crippen LogP contribution >= 0.6 is 0 Å². The molecule has 4 rings (SSSR count). The number of rotatable bonds is 6. The summed E-state index contributed by atoms with van der Waals surface area (Å²) in [4.78, 5) is 16.7. The van der Waals surface area contributed by atoms with Crippen molar-refractivity contribution >= 4 is 11.7 Å². The van der Waals surface area contributed by atoms with Crippen molar-refractivity contribution in [3.8, 4) is 17.1 Å². The van der Waals surface area contributed by atoms with Crippen LogP contribution in [0.5, 0.6) is 0 Å². The zero-order chi connectivity index (χ0) is 21.1. The van der Waals surface area contributed by atoms with Crippen molar-refractivity contribution in [2.45, 2.75) is 26.7 Å². The number of nitrogens with one attached hydrogen (secondary N) is 1. The molecule has 1 N–H and O–H groups in total. The number of anilines is 1. The van der Waals surface area contributed by atoms with Gasteiger partial charge in [-0.05, 0) is 50.2 Å². The van der Waals surface area contributed by atoms with E-state index in [1.54, 1.807) is 16.8 Å². The number of benzene rings is 2. The lowest BCUT2D eigenvalue weighted by Crippen LogP contribution is -2.15. The molecule has 0 saturated heterocycles. The van der Waals surface area contributed by atoms with Gasteiger partial charge in [-0.2, -0.15) is 10.1 Å². The van der Waals surface area contributed by atoms with E-state index in [4.69, 9.17) is 4.52 Å².